The van der Waals surface area contributed by atoms with Crippen molar-refractivity contribution >= 4 is 0 Å². The number of rotatable bonds is 10. The first-order valence-electron chi connectivity index (χ1n) is 17.2. The summed E-state index contributed by atoms with van der Waals surface area (Å²) in [7, 11) is 7.21. The van der Waals surface area contributed by atoms with E-state index in [-0.39, 0.29) is 0 Å². The van der Waals surface area contributed by atoms with E-state index in [4.69, 9.17) is 18.9 Å². The number of ether oxygens (including phenoxy) is 4. The largest absolute Gasteiger partial charge is 0.496 e. The van der Waals surface area contributed by atoms with Gasteiger partial charge in [-0.25, -0.2) is 0 Å². The van der Waals surface area contributed by atoms with Crippen molar-refractivity contribution in [1.82, 2.24) is 0 Å². The second-order valence-electron chi connectivity index (χ2n) is 13.0. The number of methoxy groups -OCH3 is 4. The van der Waals surface area contributed by atoms with Crippen molar-refractivity contribution < 1.29 is 18.9 Å². The smallest absolute Gasteiger partial charge is 0.126 e. The Labute approximate surface area is 269 Å². The van der Waals surface area contributed by atoms with Crippen molar-refractivity contribution in [2.75, 3.05) is 28.4 Å². The van der Waals surface area contributed by atoms with Crippen LogP contribution in [0.3, 0.4) is 0 Å². The van der Waals surface area contributed by atoms with Crippen molar-refractivity contribution in [3.8, 4) is 23.0 Å². The van der Waals surface area contributed by atoms with Crippen LogP contribution in [0.4, 0.5) is 0 Å². The molecule has 0 fully saturated rings. The summed E-state index contributed by atoms with van der Waals surface area (Å²) in [6.45, 7) is 9.21. The number of benzene rings is 2. The molecule has 0 aliphatic heterocycles. The van der Waals surface area contributed by atoms with Gasteiger partial charge < -0.3 is 18.9 Å². The second-order valence-corrected chi connectivity index (χ2v) is 13.0. The average Bonchev–Trinajstić information content (AvgIpc) is 3.03. The zero-order chi connectivity index (χ0) is 31.9. The minimum absolute atomic E-state index is 0.361. The molecule has 0 heterocycles. The summed E-state index contributed by atoms with van der Waals surface area (Å²) >= 11 is 0. The van der Waals surface area contributed by atoms with Crippen molar-refractivity contribution in [2.24, 2.45) is 11.8 Å². The third kappa shape index (κ3) is 10.1. The van der Waals surface area contributed by atoms with Gasteiger partial charge in [0.2, 0.25) is 0 Å². The first kappa shape index (κ1) is 35.6. The molecule has 4 aliphatic rings. The molecule has 0 saturated carbocycles. The van der Waals surface area contributed by atoms with Crippen LogP contribution in [0.15, 0.2) is 48.6 Å². The van der Waals surface area contributed by atoms with Crippen LogP contribution in [0.25, 0.3) is 0 Å². The Bertz CT molecular complexity index is 1050. The molecule has 2 aromatic rings. The Morgan fingerprint density at radius 2 is 0.841 bits per heavy atom. The predicted molar refractivity (Wildman–Crippen MR) is 186 cm³/mol. The molecule has 0 radical (unpaired) electrons. The highest BCUT2D eigenvalue weighted by Gasteiger charge is 2.23. The molecule has 4 aliphatic carbocycles. The van der Waals surface area contributed by atoms with Gasteiger partial charge in [-0.1, -0.05) is 77.7 Å². The van der Waals surface area contributed by atoms with E-state index in [1.54, 1.807) is 28.4 Å². The lowest BCUT2D eigenvalue weighted by atomic mass is 9.86. The highest BCUT2D eigenvalue weighted by molar-refractivity contribution is 5.52. The van der Waals surface area contributed by atoms with Gasteiger partial charge in [0.05, 0.1) is 28.4 Å². The van der Waals surface area contributed by atoms with Crippen LogP contribution in [-0.2, 0) is 12.8 Å². The van der Waals surface area contributed by atoms with Crippen LogP contribution in [-0.4, -0.2) is 28.4 Å². The zero-order valence-corrected chi connectivity index (χ0v) is 29.0. The number of hydrogen-bond donors (Lipinski definition) is 0. The van der Waals surface area contributed by atoms with E-state index in [1.807, 2.05) is 0 Å². The first-order valence-corrected chi connectivity index (χ1v) is 17.2. The van der Waals surface area contributed by atoms with Gasteiger partial charge in [-0.05, 0) is 110 Å². The van der Waals surface area contributed by atoms with Crippen LogP contribution in [0.2, 0.25) is 0 Å². The van der Waals surface area contributed by atoms with Gasteiger partial charge >= 0.3 is 0 Å². The van der Waals surface area contributed by atoms with E-state index in [2.05, 4.69) is 76.3 Å². The summed E-state index contributed by atoms with van der Waals surface area (Å²) in [4.78, 5) is 0. The Morgan fingerprint density at radius 1 is 0.523 bits per heavy atom. The Kier molecular flexibility index (Phi) is 15.2. The minimum Gasteiger partial charge on any atom is -0.496 e. The molecule has 4 heteroatoms. The average molecular weight is 605 g/mol. The molecule has 0 unspecified atom stereocenters. The first-order chi connectivity index (χ1) is 21.4. The van der Waals surface area contributed by atoms with Gasteiger partial charge in [0.1, 0.15) is 23.0 Å². The molecule has 4 atom stereocenters. The molecule has 2 aromatic carbocycles. The summed E-state index contributed by atoms with van der Waals surface area (Å²) in [5.41, 5.74) is 4.99. The normalized spacial score (nSPS) is 21.5. The molecular formula is C40H60O4. The third-order valence-corrected chi connectivity index (χ3v) is 9.26. The molecule has 244 valence electrons. The van der Waals surface area contributed by atoms with E-state index in [9.17, 15) is 0 Å². The number of unbranched alkanes of at least 4 members (excludes halogenated alkanes) is 2. The molecule has 44 heavy (non-hydrogen) atoms. The SMILES string of the molecule is CCCC[C@H]1CC=CC[C@H](C)Cc2cc(OC)c(c(OC)c2)[C@@H](CCCC)CC=CC[C@H](C)Cc2cc(OC)c1c(OC)c2. The van der Waals surface area contributed by atoms with E-state index in [0.29, 0.717) is 23.7 Å². The highest BCUT2D eigenvalue weighted by atomic mass is 16.5. The standard InChI is InChI=1S/C40H60O4/c1-9-11-19-33-21-15-13-17-29(3)24-32-27-37(43-7)40(38(28-32)44-8)34(20-12-10-2)22-16-14-18-30(4)23-31-25-35(41-5)39(33)36(26-31)42-6/h13-16,25-30,33-34H,9-12,17-24H2,1-8H3/t29-,30-,33-,34-/m0/s1. The summed E-state index contributed by atoms with van der Waals surface area (Å²) < 4.78 is 24.1. The molecule has 6 rings (SSSR count). The molecule has 0 aromatic heterocycles. The van der Waals surface area contributed by atoms with Crippen LogP contribution >= 0.6 is 0 Å². The maximum Gasteiger partial charge on any atom is 0.126 e. The maximum atomic E-state index is 6.03. The van der Waals surface area contributed by atoms with E-state index < -0.39 is 0 Å². The fraction of sp³-hybridized carbons (Fsp3) is 0.600. The summed E-state index contributed by atoms with van der Waals surface area (Å²) in [5.74, 6) is 5.60. The van der Waals surface area contributed by atoms with E-state index in [0.717, 1.165) is 74.4 Å². The Morgan fingerprint density at radius 3 is 1.14 bits per heavy atom. The molecule has 4 bridgehead atoms. The zero-order valence-electron chi connectivity index (χ0n) is 29.0. The van der Waals surface area contributed by atoms with Gasteiger partial charge in [0.15, 0.2) is 0 Å². The fourth-order valence-corrected chi connectivity index (χ4v) is 6.84. The predicted octanol–water partition coefficient (Wildman–Crippen LogP) is 11.0. The summed E-state index contributed by atoms with van der Waals surface area (Å²) in [5, 5.41) is 0. The molecule has 0 amide bonds. The van der Waals surface area contributed by atoms with Crippen molar-refractivity contribution in [1.29, 1.82) is 0 Å². The Hall–Kier alpha value is -2.88. The summed E-state index contributed by atoms with van der Waals surface area (Å²) in [6.07, 6.45) is 22.5. The molecule has 0 saturated heterocycles. The van der Waals surface area contributed by atoms with Crippen LogP contribution < -0.4 is 18.9 Å². The van der Waals surface area contributed by atoms with Gasteiger partial charge in [-0.2, -0.15) is 0 Å². The van der Waals surface area contributed by atoms with Crippen LogP contribution in [0, 0.1) is 11.8 Å². The number of allylic oxidation sites excluding steroid dienone is 4. The topological polar surface area (TPSA) is 36.9 Å². The highest BCUT2D eigenvalue weighted by Crippen LogP contribution is 2.43. The third-order valence-electron chi connectivity index (χ3n) is 9.26. The van der Waals surface area contributed by atoms with Crippen LogP contribution in [0.1, 0.15) is 126 Å². The Balaban J connectivity index is 2.02. The molecule has 4 nitrogen and oxygen atoms in total. The monoisotopic (exact) mass is 604 g/mol. The quantitative estimate of drug-likeness (QED) is 0.253. The van der Waals surface area contributed by atoms with Gasteiger partial charge in [-0.3, -0.25) is 0 Å². The lowest BCUT2D eigenvalue weighted by molar-refractivity contribution is 0.373. The molecule has 0 N–H and O–H groups in total. The van der Waals surface area contributed by atoms with Crippen molar-refractivity contribution in [2.45, 2.75) is 117 Å². The van der Waals surface area contributed by atoms with E-state index in [1.165, 1.54) is 47.9 Å². The minimum atomic E-state index is 0.361. The summed E-state index contributed by atoms with van der Waals surface area (Å²) in [6, 6.07) is 9.05. The van der Waals surface area contributed by atoms with Gasteiger partial charge in [0.25, 0.3) is 0 Å². The lowest BCUT2D eigenvalue weighted by Crippen LogP contribution is -2.08. The van der Waals surface area contributed by atoms with Crippen molar-refractivity contribution in [3.63, 3.8) is 0 Å². The van der Waals surface area contributed by atoms with Gasteiger partial charge in [-0.15, -0.1) is 0 Å². The fourth-order valence-electron chi connectivity index (χ4n) is 6.84. The van der Waals surface area contributed by atoms with Gasteiger partial charge in [0, 0.05) is 11.1 Å². The second kappa shape index (κ2) is 18.8. The van der Waals surface area contributed by atoms with Crippen LogP contribution in [0.5, 0.6) is 23.0 Å². The lowest BCUT2D eigenvalue weighted by Gasteiger charge is -2.24. The molecular weight excluding hydrogens is 544 g/mol. The number of hydrogen-bond acceptors (Lipinski definition) is 4. The van der Waals surface area contributed by atoms with Crippen molar-refractivity contribution in [3.05, 3.63) is 70.8 Å². The van der Waals surface area contributed by atoms with E-state index >= 15 is 0 Å². The maximum absolute atomic E-state index is 6.03. The molecule has 0 spiro atoms.